The maximum atomic E-state index is 10.9. The van der Waals surface area contributed by atoms with Gasteiger partial charge >= 0.3 is 5.97 Å². The molecule has 18 heavy (non-hydrogen) atoms. The molecule has 2 rings (SSSR count). The zero-order valence-electron chi connectivity index (χ0n) is 11.2. The van der Waals surface area contributed by atoms with E-state index in [1.807, 2.05) is 0 Å². The quantitative estimate of drug-likeness (QED) is 0.808. The minimum Gasteiger partial charge on any atom is -0.481 e. The normalized spacial score (nSPS) is 37.4. The van der Waals surface area contributed by atoms with Crippen LogP contribution in [0.5, 0.6) is 0 Å². The molecule has 0 aromatic heterocycles. The van der Waals surface area contributed by atoms with E-state index in [1.165, 1.54) is 19.3 Å². The number of carboxylic acids is 1. The number of nitrogens with one attached hydrogen (secondary N) is 1. The molecule has 0 aromatic rings. The SMILES string of the molecule is COC1CCCCC1NC1CCC(C(=O)O)CC1. The van der Waals surface area contributed by atoms with Gasteiger partial charge in [0.2, 0.25) is 0 Å². The van der Waals surface area contributed by atoms with E-state index in [0.29, 0.717) is 18.2 Å². The van der Waals surface area contributed by atoms with Crippen molar-refractivity contribution >= 4 is 5.97 Å². The van der Waals surface area contributed by atoms with E-state index in [4.69, 9.17) is 9.84 Å². The molecule has 2 saturated carbocycles. The molecule has 0 radical (unpaired) electrons. The van der Waals surface area contributed by atoms with Gasteiger partial charge in [-0.25, -0.2) is 0 Å². The Kier molecular flexibility index (Phi) is 5.01. The third-order valence-electron chi connectivity index (χ3n) is 4.53. The van der Waals surface area contributed by atoms with Gasteiger partial charge in [-0.2, -0.15) is 0 Å². The molecule has 0 amide bonds. The van der Waals surface area contributed by atoms with Crippen LogP contribution in [0.3, 0.4) is 0 Å². The van der Waals surface area contributed by atoms with Gasteiger partial charge in [-0.05, 0) is 38.5 Å². The smallest absolute Gasteiger partial charge is 0.306 e. The molecule has 2 aliphatic carbocycles. The van der Waals surface area contributed by atoms with Gasteiger partial charge in [0.1, 0.15) is 0 Å². The first-order valence-electron chi connectivity index (χ1n) is 7.22. The molecular formula is C14H25NO3. The summed E-state index contributed by atoms with van der Waals surface area (Å²) in [6, 6.07) is 0.955. The van der Waals surface area contributed by atoms with Crippen LogP contribution in [-0.4, -0.2) is 36.4 Å². The zero-order chi connectivity index (χ0) is 13.0. The highest BCUT2D eigenvalue weighted by Gasteiger charge is 2.30. The Balaban J connectivity index is 1.78. The minimum absolute atomic E-state index is 0.118. The summed E-state index contributed by atoms with van der Waals surface area (Å²) in [5, 5.41) is 12.7. The van der Waals surface area contributed by atoms with Crippen LogP contribution in [0.15, 0.2) is 0 Å². The van der Waals surface area contributed by atoms with Crippen molar-refractivity contribution in [3.8, 4) is 0 Å². The van der Waals surface area contributed by atoms with Crippen LogP contribution in [0.1, 0.15) is 51.4 Å². The second-order valence-corrected chi connectivity index (χ2v) is 5.72. The van der Waals surface area contributed by atoms with E-state index in [1.54, 1.807) is 7.11 Å². The van der Waals surface area contributed by atoms with Crippen molar-refractivity contribution in [3.05, 3.63) is 0 Å². The van der Waals surface area contributed by atoms with Gasteiger partial charge in [0.15, 0.2) is 0 Å². The van der Waals surface area contributed by atoms with Crippen LogP contribution < -0.4 is 5.32 Å². The minimum atomic E-state index is -0.624. The maximum Gasteiger partial charge on any atom is 0.306 e. The standard InChI is InChI=1S/C14H25NO3/c1-18-13-5-3-2-4-12(13)15-11-8-6-10(7-9-11)14(16)17/h10-13,15H,2-9H2,1H3,(H,16,17). The number of rotatable bonds is 4. The first kappa shape index (κ1) is 13.8. The topological polar surface area (TPSA) is 58.6 Å². The lowest BCUT2D eigenvalue weighted by Gasteiger charge is -2.36. The average molecular weight is 255 g/mol. The molecule has 4 heteroatoms. The molecule has 0 spiro atoms. The number of methoxy groups -OCH3 is 1. The largest absolute Gasteiger partial charge is 0.481 e. The number of aliphatic carboxylic acids is 1. The van der Waals surface area contributed by atoms with E-state index in [-0.39, 0.29) is 5.92 Å². The summed E-state index contributed by atoms with van der Waals surface area (Å²) in [4.78, 5) is 10.9. The highest BCUT2D eigenvalue weighted by molar-refractivity contribution is 5.70. The van der Waals surface area contributed by atoms with Gasteiger partial charge in [-0.15, -0.1) is 0 Å². The summed E-state index contributed by atoms with van der Waals surface area (Å²) in [7, 11) is 1.80. The molecule has 2 N–H and O–H groups in total. The fraction of sp³-hybridized carbons (Fsp3) is 0.929. The molecule has 0 aromatic carbocycles. The molecule has 0 aliphatic heterocycles. The molecule has 2 unspecified atom stereocenters. The van der Waals surface area contributed by atoms with Crippen LogP contribution in [0.4, 0.5) is 0 Å². The molecule has 2 atom stereocenters. The van der Waals surface area contributed by atoms with E-state index < -0.39 is 5.97 Å². The fourth-order valence-electron chi connectivity index (χ4n) is 3.38. The summed E-state index contributed by atoms with van der Waals surface area (Å²) >= 11 is 0. The molecule has 0 bridgehead atoms. The predicted molar refractivity (Wildman–Crippen MR) is 69.6 cm³/mol. The first-order chi connectivity index (χ1) is 8.70. The van der Waals surface area contributed by atoms with Gasteiger partial charge in [0.25, 0.3) is 0 Å². The lowest BCUT2D eigenvalue weighted by molar-refractivity contribution is -0.142. The van der Waals surface area contributed by atoms with Gasteiger partial charge in [-0.3, -0.25) is 4.79 Å². The van der Waals surface area contributed by atoms with E-state index in [9.17, 15) is 4.79 Å². The number of ether oxygens (including phenoxy) is 1. The van der Waals surface area contributed by atoms with Crippen molar-refractivity contribution in [2.75, 3.05) is 7.11 Å². The third-order valence-corrected chi connectivity index (χ3v) is 4.53. The molecule has 0 saturated heterocycles. The van der Waals surface area contributed by atoms with Gasteiger partial charge in [0, 0.05) is 19.2 Å². The maximum absolute atomic E-state index is 10.9. The Bertz CT molecular complexity index is 274. The van der Waals surface area contributed by atoms with E-state index in [2.05, 4.69) is 5.32 Å². The van der Waals surface area contributed by atoms with Crippen molar-refractivity contribution in [1.29, 1.82) is 0 Å². The molecule has 104 valence electrons. The molecule has 0 heterocycles. The average Bonchev–Trinajstić information content (AvgIpc) is 2.40. The van der Waals surface area contributed by atoms with Crippen LogP contribution >= 0.6 is 0 Å². The van der Waals surface area contributed by atoms with Crippen LogP contribution in [-0.2, 0) is 9.53 Å². The number of hydrogen-bond donors (Lipinski definition) is 2. The Morgan fingerprint density at radius 2 is 1.78 bits per heavy atom. The molecular weight excluding hydrogens is 230 g/mol. The Labute approximate surface area is 109 Å². The third kappa shape index (κ3) is 3.45. The van der Waals surface area contributed by atoms with Gasteiger partial charge in [-0.1, -0.05) is 12.8 Å². The van der Waals surface area contributed by atoms with E-state index >= 15 is 0 Å². The second kappa shape index (κ2) is 6.53. The monoisotopic (exact) mass is 255 g/mol. The first-order valence-corrected chi connectivity index (χ1v) is 7.22. The van der Waals surface area contributed by atoms with Gasteiger partial charge < -0.3 is 15.2 Å². The summed E-state index contributed by atoms with van der Waals surface area (Å²) in [5.41, 5.74) is 0. The number of carboxylic acid groups (broad SMARTS) is 1. The second-order valence-electron chi connectivity index (χ2n) is 5.72. The van der Waals surface area contributed by atoms with Crippen LogP contribution in [0, 0.1) is 5.92 Å². The Hall–Kier alpha value is -0.610. The van der Waals surface area contributed by atoms with Crippen molar-refractivity contribution in [1.82, 2.24) is 5.32 Å². The lowest BCUT2D eigenvalue weighted by Crippen LogP contribution is -2.49. The molecule has 2 fully saturated rings. The zero-order valence-corrected chi connectivity index (χ0v) is 11.2. The van der Waals surface area contributed by atoms with Crippen molar-refractivity contribution in [3.63, 3.8) is 0 Å². The summed E-state index contributed by atoms with van der Waals surface area (Å²) in [6.07, 6.45) is 8.85. The summed E-state index contributed by atoms with van der Waals surface area (Å²) in [5.74, 6) is -0.742. The van der Waals surface area contributed by atoms with Crippen molar-refractivity contribution < 1.29 is 14.6 Å². The Morgan fingerprint density at radius 3 is 2.39 bits per heavy atom. The highest BCUT2D eigenvalue weighted by atomic mass is 16.5. The molecule has 4 nitrogen and oxygen atoms in total. The van der Waals surface area contributed by atoms with E-state index in [0.717, 1.165) is 32.1 Å². The van der Waals surface area contributed by atoms with Crippen molar-refractivity contribution in [2.45, 2.75) is 69.6 Å². The lowest BCUT2D eigenvalue weighted by atomic mass is 9.84. The summed E-state index contributed by atoms with van der Waals surface area (Å²) in [6.45, 7) is 0. The Morgan fingerprint density at radius 1 is 1.11 bits per heavy atom. The molecule has 2 aliphatic rings. The summed E-state index contributed by atoms with van der Waals surface area (Å²) < 4.78 is 5.55. The predicted octanol–water partition coefficient (Wildman–Crippen LogP) is 2.18. The number of hydrogen-bond acceptors (Lipinski definition) is 3. The van der Waals surface area contributed by atoms with Crippen LogP contribution in [0.2, 0.25) is 0 Å². The highest BCUT2D eigenvalue weighted by Crippen LogP contribution is 2.27. The number of carbonyl (C=O) groups is 1. The van der Waals surface area contributed by atoms with Crippen LogP contribution in [0.25, 0.3) is 0 Å². The fourth-order valence-corrected chi connectivity index (χ4v) is 3.38. The van der Waals surface area contributed by atoms with Crippen molar-refractivity contribution in [2.24, 2.45) is 5.92 Å². The van der Waals surface area contributed by atoms with Gasteiger partial charge in [0.05, 0.1) is 12.0 Å².